The standard InChI is InChI=1S/C23H19N7S2.C2HF3O2/c1-2-16(24-7-1)3-5-19-9-20-22(32-19)23(26-13-25-20)29-17-4-6-21-15(8-17)10-28-30(21)11-18-12-31-14-27-18;3-2(4,5)1(6)7/h4,6,8-10,12-14,16,24H,1-2,7,11H2,(H,25,26,29);(H,6,7)/t16-;/m1./s1. The lowest BCUT2D eigenvalue weighted by Gasteiger charge is -2.07. The first-order valence-corrected chi connectivity index (χ1v) is 13.4. The first kappa shape index (κ1) is 26.5. The molecule has 0 bridgehead atoms. The molecular weight excluding hydrogens is 551 g/mol. The molecule has 0 spiro atoms. The number of aliphatic carboxylic acids is 1. The lowest BCUT2D eigenvalue weighted by atomic mass is 10.2. The van der Waals surface area contributed by atoms with Gasteiger partial charge in [0.1, 0.15) is 6.33 Å². The molecule has 0 amide bonds. The molecule has 39 heavy (non-hydrogen) atoms. The molecular formula is C25H20F3N7O2S2. The van der Waals surface area contributed by atoms with Gasteiger partial charge >= 0.3 is 12.1 Å². The first-order valence-electron chi connectivity index (χ1n) is 11.7. The van der Waals surface area contributed by atoms with Crippen molar-refractivity contribution in [1.82, 2.24) is 30.0 Å². The number of carboxylic acids is 1. The van der Waals surface area contributed by atoms with E-state index in [0.717, 1.165) is 56.2 Å². The fourth-order valence-electron chi connectivity index (χ4n) is 3.87. The third-order valence-electron chi connectivity index (χ3n) is 5.68. The smallest absolute Gasteiger partial charge is 0.475 e. The Balaban J connectivity index is 0.000000392. The normalized spacial score (nSPS) is 15.0. The molecule has 4 aromatic heterocycles. The summed E-state index contributed by atoms with van der Waals surface area (Å²) in [6, 6.07) is 8.56. The molecule has 1 saturated heterocycles. The van der Waals surface area contributed by atoms with Crippen LogP contribution in [0.3, 0.4) is 0 Å². The van der Waals surface area contributed by atoms with Crippen molar-refractivity contribution in [3.05, 3.63) is 58.3 Å². The number of anilines is 2. The number of fused-ring (bicyclic) bond motifs is 2. The largest absolute Gasteiger partial charge is 0.490 e. The molecule has 5 aromatic rings. The van der Waals surface area contributed by atoms with Crippen molar-refractivity contribution >= 4 is 61.3 Å². The minimum Gasteiger partial charge on any atom is -0.475 e. The van der Waals surface area contributed by atoms with Gasteiger partial charge in [0.25, 0.3) is 0 Å². The molecule has 3 N–H and O–H groups in total. The molecule has 0 saturated carbocycles. The highest BCUT2D eigenvalue weighted by Crippen LogP contribution is 2.31. The lowest BCUT2D eigenvalue weighted by Crippen LogP contribution is -2.21. The fourth-order valence-corrected chi connectivity index (χ4v) is 5.33. The van der Waals surface area contributed by atoms with E-state index < -0.39 is 12.1 Å². The van der Waals surface area contributed by atoms with Crippen LogP contribution in [0.25, 0.3) is 21.1 Å². The Labute approximate surface area is 227 Å². The Bertz CT molecular complexity index is 1660. The predicted octanol–water partition coefficient (Wildman–Crippen LogP) is 5.03. The molecule has 0 radical (unpaired) electrons. The average molecular weight is 572 g/mol. The van der Waals surface area contributed by atoms with E-state index in [1.54, 1.807) is 29.0 Å². The molecule has 1 fully saturated rings. The lowest BCUT2D eigenvalue weighted by molar-refractivity contribution is -0.192. The van der Waals surface area contributed by atoms with Gasteiger partial charge in [0.2, 0.25) is 0 Å². The highest BCUT2D eigenvalue weighted by Gasteiger charge is 2.38. The van der Waals surface area contributed by atoms with Crippen LogP contribution in [0.1, 0.15) is 23.4 Å². The Morgan fingerprint density at radius 2 is 2.10 bits per heavy atom. The van der Waals surface area contributed by atoms with Crippen LogP contribution in [0.15, 0.2) is 47.7 Å². The van der Waals surface area contributed by atoms with Crippen molar-refractivity contribution in [3.63, 3.8) is 0 Å². The van der Waals surface area contributed by atoms with E-state index in [1.165, 1.54) is 6.42 Å². The molecule has 14 heteroatoms. The molecule has 1 aliphatic rings. The summed E-state index contributed by atoms with van der Waals surface area (Å²) in [7, 11) is 0. The predicted molar refractivity (Wildman–Crippen MR) is 143 cm³/mol. The zero-order valence-corrected chi connectivity index (χ0v) is 21.7. The van der Waals surface area contributed by atoms with Gasteiger partial charge in [-0.05, 0) is 43.7 Å². The van der Waals surface area contributed by atoms with Gasteiger partial charge in [0, 0.05) is 16.5 Å². The molecule has 5 heterocycles. The zero-order chi connectivity index (χ0) is 27.4. The first-order chi connectivity index (χ1) is 18.8. The second-order valence-electron chi connectivity index (χ2n) is 8.45. The van der Waals surface area contributed by atoms with Crippen LogP contribution in [-0.2, 0) is 11.3 Å². The van der Waals surface area contributed by atoms with Crippen molar-refractivity contribution < 1.29 is 23.1 Å². The Morgan fingerprint density at radius 1 is 1.26 bits per heavy atom. The quantitative estimate of drug-likeness (QED) is 0.257. The van der Waals surface area contributed by atoms with Crippen molar-refractivity contribution in [1.29, 1.82) is 0 Å². The maximum absolute atomic E-state index is 10.6. The number of nitrogens with zero attached hydrogens (tertiary/aromatic N) is 5. The van der Waals surface area contributed by atoms with Crippen molar-refractivity contribution in [2.75, 3.05) is 11.9 Å². The summed E-state index contributed by atoms with van der Waals surface area (Å²) >= 11 is 3.22. The monoisotopic (exact) mass is 571 g/mol. The second kappa shape index (κ2) is 11.4. The molecule has 6 rings (SSSR count). The molecule has 200 valence electrons. The maximum atomic E-state index is 10.6. The van der Waals surface area contributed by atoms with Crippen LogP contribution < -0.4 is 10.6 Å². The van der Waals surface area contributed by atoms with Crippen molar-refractivity contribution in [2.45, 2.75) is 31.6 Å². The summed E-state index contributed by atoms with van der Waals surface area (Å²) in [5, 5.41) is 21.6. The van der Waals surface area contributed by atoms with Crippen molar-refractivity contribution in [2.24, 2.45) is 0 Å². The number of carboxylic acid groups (broad SMARTS) is 1. The average Bonchev–Trinajstić information content (AvgIpc) is 3.71. The number of carbonyl (C=O) groups is 1. The van der Waals surface area contributed by atoms with Gasteiger partial charge in [0.15, 0.2) is 5.82 Å². The highest BCUT2D eigenvalue weighted by atomic mass is 32.1. The topological polar surface area (TPSA) is 118 Å². The zero-order valence-electron chi connectivity index (χ0n) is 20.1. The molecule has 1 aliphatic heterocycles. The number of aromatic nitrogens is 5. The van der Waals surface area contributed by atoms with Gasteiger partial charge in [-0.3, -0.25) is 4.68 Å². The van der Waals surface area contributed by atoms with E-state index in [0.29, 0.717) is 12.6 Å². The summed E-state index contributed by atoms with van der Waals surface area (Å²) in [4.78, 5) is 23.2. The Hall–Kier alpha value is -4.06. The van der Waals surface area contributed by atoms with Crippen LogP contribution in [0.2, 0.25) is 0 Å². The van der Waals surface area contributed by atoms with Gasteiger partial charge in [-0.1, -0.05) is 11.8 Å². The fraction of sp³-hybridized carbons (Fsp3) is 0.240. The van der Waals surface area contributed by atoms with Gasteiger partial charge in [-0.15, -0.1) is 22.7 Å². The van der Waals surface area contributed by atoms with E-state index in [2.05, 4.69) is 60.7 Å². The summed E-state index contributed by atoms with van der Waals surface area (Å²) in [5.74, 6) is 4.68. The Kier molecular flexibility index (Phi) is 7.73. The molecule has 1 atom stereocenters. The number of thiophene rings is 1. The molecule has 1 aromatic carbocycles. The van der Waals surface area contributed by atoms with E-state index in [4.69, 9.17) is 9.90 Å². The molecule has 9 nitrogen and oxygen atoms in total. The van der Waals surface area contributed by atoms with Gasteiger partial charge in [-0.25, -0.2) is 19.7 Å². The van der Waals surface area contributed by atoms with Gasteiger partial charge in [-0.2, -0.15) is 18.3 Å². The van der Waals surface area contributed by atoms with E-state index in [1.807, 2.05) is 27.8 Å². The van der Waals surface area contributed by atoms with E-state index >= 15 is 0 Å². The number of hydrogen-bond donors (Lipinski definition) is 3. The van der Waals surface area contributed by atoms with E-state index in [9.17, 15) is 13.2 Å². The number of hydrogen-bond acceptors (Lipinski definition) is 9. The summed E-state index contributed by atoms with van der Waals surface area (Å²) < 4.78 is 34.7. The molecule has 0 aliphatic carbocycles. The van der Waals surface area contributed by atoms with Crippen LogP contribution in [0.5, 0.6) is 0 Å². The third kappa shape index (κ3) is 6.51. The summed E-state index contributed by atoms with van der Waals surface area (Å²) in [5.41, 5.74) is 5.81. The number of nitrogens with one attached hydrogen (secondary N) is 2. The van der Waals surface area contributed by atoms with Crippen LogP contribution in [-0.4, -0.2) is 54.6 Å². The van der Waals surface area contributed by atoms with E-state index in [-0.39, 0.29) is 0 Å². The van der Waals surface area contributed by atoms with Gasteiger partial charge < -0.3 is 15.7 Å². The maximum Gasteiger partial charge on any atom is 0.490 e. The number of thiazole rings is 1. The van der Waals surface area contributed by atoms with Gasteiger partial charge in [0.05, 0.1) is 50.6 Å². The van der Waals surface area contributed by atoms with Crippen LogP contribution >= 0.6 is 22.7 Å². The van der Waals surface area contributed by atoms with Crippen LogP contribution in [0.4, 0.5) is 24.7 Å². The highest BCUT2D eigenvalue weighted by molar-refractivity contribution is 7.20. The number of alkyl halides is 3. The minimum absolute atomic E-state index is 0.298. The number of benzene rings is 1. The van der Waals surface area contributed by atoms with Crippen molar-refractivity contribution in [3.8, 4) is 11.8 Å². The summed E-state index contributed by atoms with van der Waals surface area (Å²) in [6.45, 7) is 1.72. The second-order valence-corrected chi connectivity index (χ2v) is 10.2. The summed E-state index contributed by atoms with van der Waals surface area (Å²) in [6.07, 6.45) is 0.711. The van der Waals surface area contributed by atoms with Crippen LogP contribution in [0, 0.1) is 11.8 Å². The SMILES string of the molecule is C(#C[C@H]1CCCN1)c1cc2ncnc(Nc3ccc4c(cnn4Cc4cscn4)c3)c2s1.O=C(O)C(F)(F)F. The molecule has 0 unspecified atom stereocenters. The minimum atomic E-state index is -5.08. The number of rotatable bonds is 4. The third-order valence-corrected chi connectivity index (χ3v) is 7.37. The number of halogens is 3. The Morgan fingerprint density at radius 3 is 2.82 bits per heavy atom.